The van der Waals surface area contributed by atoms with E-state index in [0.717, 1.165) is 16.0 Å². The van der Waals surface area contributed by atoms with E-state index in [1.54, 1.807) is 29.1 Å². The zero-order valence-electron chi connectivity index (χ0n) is 22.0. The van der Waals surface area contributed by atoms with Crippen LogP contribution in [-0.4, -0.2) is 66.1 Å². The first-order chi connectivity index (χ1) is 19.9. The van der Waals surface area contributed by atoms with Gasteiger partial charge in [0.1, 0.15) is 17.9 Å². The molecule has 2 aromatic heterocycles. The van der Waals surface area contributed by atoms with E-state index < -0.39 is 23.1 Å². The number of anilines is 2. The number of carboxylic acids is 1. The lowest BCUT2D eigenvalue weighted by Crippen LogP contribution is -2.57. The number of benzene rings is 2. The number of carbonyl (C=O) groups excluding carboxylic acids is 2. The SMILES string of the molecule is O=C(O)Cn1ccnc1CN1CCC2(CC1)C(=O)N(c1ccc(-c3ccccc3)cc1)C(=O)N2c1nccc(=O)[nH]1. The van der Waals surface area contributed by atoms with Gasteiger partial charge in [0.2, 0.25) is 5.95 Å². The summed E-state index contributed by atoms with van der Waals surface area (Å²) in [5.74, 6) is -0.727. The van der Waals surface area contributed by atoms with E-state index in [1.165, 1.54) is 17.2 Å². The molecule has 2 fully saturated rings. The topological polar surface area (TPSA) is 145 Å². The Balaban J connectivity index is 1.29. The maximum absolute atomic E-state index is 14.2. The number of hydrogen-bond donors (Lipinski definition) is 2. The zero-order valence-corrected chi connectivity index (χ0v) is 22.0. The maximum atomic E-state index is 14.2. The van der Waals surface area contributed by atoms with Gasteiger partial charge in [-0.2, -0.15) is 0 Å². The quantitative estimate of drug-likeness (QED) is 0.333. The molecule has 0 bridgehead atoms. The number of urea groups is 1. The molecule has 208 valence electrons. The third-order valence-corrected chi connectivity index (χ3v) is 7.67. The lowest BCUT2D eigenvalue weighted by Gasteiger charge is -2.41. The van der Waals surface area contributed by atoms with E-state index in [0.29, 0.717) is 31.1 Å². The number of nitrogens with zero attached hydrogens (tertiary/aromatic N) is 6. The Hall–Kier alpha value is -5.10. The second kappa shape index (κ2) is 10.5. The van der Waals surface area contributed by atoms with Gasteiger partial charge in [0.15, 0.2) is 0 Å². The molecule has 2 aliphatic heterocycles. The molecular weight excluding hydrogens is 526 g/mol. The fraction of sp³-hybridized carbons (Fsp3) is 0.241. The summed E-state index contributed by atoms with van der Waals surface area (Å²) < 4.78 is 1.57. The number of aromatic nitrogens is 4. The summed E-state index contributed by atoms with van der Waals surface area (Å²) in [6.07, 6.45) is 5.06. The fourth-order valence-electron chi connectivity index (χ4n) is 5.60. The van der Waals surface area contributed by atoms with Crippen LogP contribution >= 0.6 is 0 Å². The average Bonchev–Trinajstić information content (AvgIpc) is 3.48. The molecule has 0 atom stereocenters. The molecule has 0 unspecified atom stereocenters. The van der Waals surface area contributed by atoms with Crippen molar-refractivity contribution < 1.29 is 19.5 Å². The van der Waals surface area contributed by atoms with Crippen molar-refractivity contribution in [1.82, 2.24) is 24.4 Å². The highest BCUT2D eigenvalue weighted by molar-refractivity contribution is 6.30. The number of aliphatic carboxylic acids is 1. The summed E-state index contributed by atoms with van der Waals surface area (Å²) in [6.45, 7) is 1.07. The van der Waals surface area contributed by atoms with E-state index in [4.69, 9.17) is 0 Å². The molecule has 1 spiro atoms. The predicted molar refractivity (Wildman–Crippen MR) is 149 cm³/mol. The molecule has 2 aromatic carbocycles. The number of piperidine rings is 1. The molecule has 4 heterocycles. The van der Waals surface area contributed by atoms with Crippen LogP contribution in [0.5, 0.6) is 0 Å². The van der Waals surface area contributed by atoms with Gasteiger partial charge in [-0.15, -0.1) is 0 Å². The Morgan fingerprint density at radius 2 is 1.61 bits per heavy atom. The minimum atomic E-state index is -1.25. The number of carbonyl (C=O) groups is 3. The molecule has 4 aromatic rings. The molecule has 0 saturated carbocycles. The van der Waals surface area contributed by atoms with Gasteiger partial charge in [-0.1, -0.05) is 42.5 Å². The van der Waals surface area contributed by atoms with Crippen molar-refractivity contribution in [2.75, 3.05) is 22.9 Å². The molecule has 2 aliphatic rings. The highest BCUT2D eigenvalue weighted by Crippen LogP contribution is 2.41. The van der Waals surface area contributed by atoms with Crippen LogP contribution in [0.4, 0.5) is 16.4 Å². The van der Waals surface area contributed by atoms with Crippen LogP contribution in [0.1, 0.15) is 18.7 Å². The van der Waals surface area contributed by atoms with Crippen LogP contribution in [0.15, 0.2) is 84.0 Å². The van der Waals surface area contributed by atoms with E-state index in [9.17, 15) is 24.3 Å². The smallest absolute Gasteiger partial charge is 0.339 e. The first-order valence-electron chi connectivity index (χ1n) is 13.2. The van der Waals surface area contributed by atoms with Gasteiger partial charge in [0.05, 0.1) is 12.2 Å². The molecule has 3 amide bonds. The Bertz CT molecular complexity index is 1660. The average molecular weight is 554 g/mol. The third-order valence-electron chi connectivity index (χ3n) is 7.67. The number of imidazole rings is 1. The molecule has 41 heavy (non-hydrogen) atoms. The number of rotatable bonds is 7. The highest BCUT2D eigenvalue weighted by atomic mass is 16.4. The molecular formula is C29H27N7O5. The lowest BCUT2D eigenvalue weighted by molar-refractivity contribution is -0.137. The van der Waals surface area contributed by atoms with Gasteiger partial charge in [0, 0.05) is 37.7 Å². The summed E-state index contributed by atoms with van der Waals surface area (Å²) >= 11 is 0. The number of amides is 3. The molecule has 6 rings (SSSR count). The largest absolute Gasteiger partial charge is 0.480 e. The summed E-state index contributed by atoms with van der Waals surface area (Å²) in [5.41, 5.74) is 0.707. The maximum Gasteiger partial charge on any atom is 0.339 e. The molecule has 12 nitrogen and oxygen atoms in total. The predicted octanol–water partition coefficient (Wildman–Crippen LogP) is 2.73. The summed E-state index contributed by atoms with van der Waals surface area (Å²) in [5, 5.41) is 9.18. The number of aromatic amines is 1. The standard InChI is InChI=1S/C29H27N7O5/c37-24-10-13-31-27(32-24)36-28(41)35(22-8-6-21(7-9-22)20-4-2-1-3-5-20)26(40)29(36)11-15-33(16-12-29)18-23-30-14-17-34(23)19-25(38)39/h1-10,13-14,17H,11-12,15-16,18-19H2,(H,38,39)(H,31,32,37). The van der Waals surface area contributed by atoms with Crippen LogP contribution in [-0.2, 0) is 22.7 Å². The summed E-state index contributed by atoms with van der Waals surface area (Å²) in [6, 6.07) is 17.7. The van der Waals surface area contributed by atoms with Crippen LogP contribution < -0.4 is 15.4 Å². The normalized spacial score (nSPS) is 17.0. The first-order valence-corrected chi connectivity index (χ1v) is 13.2. The van der Waals surface area contributed by atoms with Crippen molar-refractivity contribution >= 4 is 29.5 Å². The van der Waals surface area contributed by atoms with Crippen molar-refractivity contribution in [3.8, 4) is 11.1 Å². The lowest BCUT2D eigenvalue weighted by atomic mass is 9.86. The van der Waals surface area contributed by atoms with Crippen LogP contribution in [0, 0.1) is 0 Å². The van der Waals surface area contributed by atoms with Crippen molar-refractivity contribution in [1.29, 1.82) is 0 Å². The van der Waals surface area contributed by atoms with Gasteiger partial charge < -0.3 is 9.67 Å². The van der Waals surface area contributed by atoms with Gasteiger partial charge in [0.25, 0.3) is 11.5 Å². The Kier molecular flexibility index (Phi) is 6.67. The van der Waals surface area contributed by atoms with Crippen LogP contribution in [0.25, 0.3) is 11.1 Å². The molecule has 2 N–H and O–H groups in total. The van der Waals surface area contributed by atoms with E-state index in [1.807, 2.05) is 42.5 Å². The number of hydrogen-bond acceptors (Lipinski definition) is 7. The molecule has 0 aliphatic carbocycles. The summed E-state index contributed by atoms with van der Waals surface area (Å²) in [4.78, 5) is 67.2. The van der Waals surface area contributed by atoms with Gasteiger partial charge >= 0.3 is 12.0 Å². The van der Waals surface area contributed by atoms with Gasteiger partial charge in [-0.05, 0) is 36.1 Å². The van der Waals surface area contributed by atoms with Crippen LogP contribution in [0.2, 0.25) is 0 Å². The number of carboxylic acid groups (broad SMARTS) is 1. The van der Waals surface area contributed by atoms with E-state index >= 15 is 0 Å². The second-order valence-electron chi connectivity index (χ2n) is 10.1. The molecule has 12 heteroatoms. The van der Waals surface area contributed by atoms with E-state index in [2.05, 4.69) is 19.9 Å². The van der Waals surface area contributed by atoms with Gasteiger partial charge in [-0.3, -0.25) is 24.3 Å². The fourth-order valence-corrected chi connectivity index (χ4v) is 5.60. The Morgan fingerprint density at radius 3 is 2.29 bits per heavy atom. The monoisotopic (exact) mass is 553 g/mol. The summed E-state index contributed by atoms with van der Waals surface area (Å²) in [7, 11) is 0. The van der Waals surface area contributed by atoms with Crippen molar-refractivity contribution in [2.45, 2.75) is 31.5 Å². The van der Waals surface area contributed by atoms with Crippen molar-refractivity contribution in [2.24, 2.45) is 0 Å². The third kappa shape index (κ3) is 4.78. The Morgan fingerprint density at radius 1 is 0.902 bits per heavy atom. The minimum Gasteiger partial charge on any atom is -0.480 e. The van der Waals surface area contributed by atoms with Crippen molar-refractivity contribution in [3.05, 3.63) is 95.4 Å². The van der Waals surface area contributed by atoms with Crippen LogP contribution in [0.3, 0.4) is 0 Å². The Labute approximate surface area is 234 Å². The molecule has 0 radical (unpaired) electrons. The van der Waals surface area contributed by atoms with Gasteiger partial charge in [-0.25, -0.2) is 24.6 Å². The number of imide groups is 1. The highest BCUT2D eigenvalue weighted by Gasteiger charge is 2.60. The number of H-pyrrole nitrogens is 1. The van der Waals surface area contributed by atoms with Crippen molar-refractivity contribution in [3.63, 3.8) is 0 Å². The molecule has 2 saturated heterocycles. The minimum absolute atomic E-state index is 0.0182. The second-order valence-corrected chi connectivity index (χ2v) is 10.1. The number of nitrogens with one attached hydrogen (secondary N) is 1. The first kappa shape index (κ1) is 26.1. The van der Waals surface area contributed by atoms with E-state index in [-0.39, 0.29) is 31.2 Å². The number of likely N-dealkylation sites (tertiary alicyclic amines) is 1. The zero-order chi connectivity index (χ0) is 28.6.